The zero-order valence-electron chi connectivity index (χ0n) is 14.4. The van der Waals surface area contributed by atoms with E-state index in [1.165, 1.54) is 16.7 Å². The summed E-state index contributed by atoms with van der Waals surface area (Å²) in [6.45, 7) is 7.26. The van der Waals surface area contributed by atoms with Gasteiger partial charge in [-0.15, -0.1) is 0 Å². The first-order valence-corrected chi connectivity index (χ1v) is 9.46. The van der Waals surface area contributed by atoms with E-state index in [-0.39, 0.29) is 12.5 Å². The lowest BCUT2D eigenvalue weighted by Gasteiger charge is -2.32. The van der Waals surface area contributed by atoms with Crippen molar-refractivity contribution in [1.82, 2.24) is 4.90 Å². The number of amides is 1. The molecule has 1 aromatic carbocycles. The Morgan fingerprint density at radius 2 is 2.04 bits per heavy atom. The third kappa shape index (κ3) is 4.62. The van der Waals surface area contributed by atoms with Crippen LogP contribution in [0.3, 0.4) is 0 Å². The first-order chi connectivity index (χ1) is 12.2. The predicted molar refractivity (Wildman–Crippen MR) is 99.8 cm³/mol. The summed E-state index contributed by atoms with van der Waals surface area (Å²) in [5.41, 5.74) is 0.966. The summed E-state index contributed by atoms with van der Waals surface area (Å²) in [7, 11) is 0. The predicted octanol–water partition coefficient (Wildman–Crippen LogP) is 0.248. The van der Waals surface area contributed by atoms with Crippen LogP contribution in [-0.4, -0.2) is 67.0 Å². The molecular formula is C18H24N3O3S+. The smallest absolute Gasteiger partial charge is 0.286 e. The highest BCUT2D eigenvalue weighted by Gasteiger charge is 2.29. The fraction of sp³-hybridized carbons (Fsp3) is 0.444. The molecule has 0 saturated carbocycles. The first kappa shape index (κ1) is 18.0. The van der Waals surface area contributed by atoms with Gasteiger partial charge in [-0.1, -0.05) is 12.1 Å². The summed E-state index contributed by atoms with van der Waals surface area (Å²) in [4.78, 5) is 20.7. The lowest BCUT2D eigenvalue weighted by molar-refractivity contribution is -0.904. The van der Waals surface area contributed by atoms with Crippen LogP contribution in [-0.2, 0) is 4.79 Å². The summed E-state index contributed by atoms with van der Waals surface area (Å²) in [5.74, 6) is 0.661. The van der Waals surface area contributed by atoms with Gasteiger partial charge >= 0.3 is 0 Å². The number of aliphatic hydroxyl groups excluding tert-OH is 1. The lowest BCUT2D eigenvalue weighted by atomic mass is 10.2. The fourth-order valence-corrected chi connectivity index (χ4v) is 3.90. The van der Waals surface area contributed by atoms with Gasteiger partial charge in [0.1, 0.15) is 12.3 Å². The molecule has 7 heteroatoms. The summed E-state index contributed by atoms with van der Waals surface area (Å²) < 4.78 is 5.43. The number of quaternary nitrogens is 1. The Balaban J connectivity index is 1.60. The van der Waals surface area contributed by atoms with Crippen LogP contribution in [0.15, 0.2) is 34.2 Å². The van der Waals surface area contributed by atoms with Crippen molar-refractivity contribution in [1.29, 1.82) is 0 Å². The lowest BCUT2D eigenvalue weighted by Crippen LogP contribution is -3.15. The zero-order valence-corrected chi connectivity index (χ0v) is 15.2. The Morgan fingerprint density at radius 3 is 2.68 bits per heavy atom. The highest BCUT2D eigenvalue weighted by Crippen LogP contribution is 2.30. The van der Waals surface area contributed by atoms with Crippen molar-refractivity contribution < 1.29 is 19.5 Å². The van der Waals surface area contributed by atoms with E-state index in [0.717, 1.165) is 49.2 Å². The summed E-state index contributed by atoms with van der Waals surface area (Å²) in [5, 5.41) is 9.83. The molecule has 1 amide bonds. The second kappa shape index (κ2) is 8.51. The minimum atomic E-state index is -0.168. The molecule has 0 bridgehead atoms. The second-order valence-corrected chi connectivity index (χ2v) is 7.03. The van der Waals surface area contributed by atoms with Crippen molar-refractivity contribution in [3.63, 3.8) is 0 Å². The standard InChI is InChI=1S/C18H23N3O3S/c1-2-24-15-5-3-14(4-6-15)13-16-17(23)19-18(25-16)21-9-7-20(8-10-21)11-12-22/h3-6,13,22H,2,7-12H2,1H3/p+1/b16-13+. The van der Waals surface area contributed by atoms with Crippen molar-refractivity contribution in [2.75, 3.05) is 45.9 Å². The maximum atomic E-state index is 12.2. The maximum Gasteiger partial charge on any atom is 0.286 e. The molecule has 0 aliphatic carbocycles. The molecule has 25 heavy (non-hydrogen) atoms. The molecular weight excluding hydrogens is 338 g/mol. The molecule has 2 N–H and O–H groups in total. The molecule has 0 spiro atoms. The Hall–Kier alpha value is -1.83. The van der Waals surface area contributed by atoms with E-state index in [1.54, 1.807) is 0 Å². The number of aliphatic hydroxyl groups is 1. The van der Waals surface area contributed by atoms with Crippen molar-refractivity contribution in [2.45, 2.75) is 6.92 Å². The van der Waals surface area contributed by atoms with E-state index in [9.17, 15) is 4.79 Å². The molecule has 2 aliphatic heterocycles. The maximum absolute atomic E-state index is 12.2. The number of carbonyl (C=O) groups excluding carboxylic acids is 1. The Bertz CT molecular complexity index is 665. The number of hydrogen-bond donors (Lipinski definition) is 2. The van der Waals surface area contributed by atoms with Crippen LogP contribution in [0.1, 0.15) is 12.5 Å². The molecule has 3 rings (SSSR count). The number of thioether (sulfide) groups is 1. The number of nitrogens with one attached hydrogen (secondary N) is 1. The van der Waals surface area contributed by atoms with Gasteiger partial charge in [0.05, 0.1) is 44.3 Å². The summed E-state index contributed by atoms with van der Waals surface area (Å²) in [6, 6.07) is 7.71. The van der Waals surface area contributed by atoms with E-state index < -0.39 is 0 Å². The third-order valence-corrected chi connectivity index (χ3v) is 5.35. The normalized spacial score (nSPS) is 20.2. The first-order valence-electron chi connectivity index (χ1n) is 8.64. The van der Waals surface area contributed by atoms with Crippen LogP contribution < -0.4 is 9.64 Å². The van der Waals surface area contributed by atoms with Gasteiger partial charge in [0, 0.05) is 0 Å². The number of carbonyl (C=O) groups is 1. The summed E-state index contributed by atoms with van der Waals surface area (Å²) >= 11 is 1.45. The number of benzene rings is 1. The number of piperazine rings is 1. The number of rotatable bonds is 5. The number of nitrogens with zero attached hydrogens (tertiary/aromatic N) is 2. The van der Waals surface area contributed by atoms with Crippen LogP contribution in [0.5, 0.6) is 5.75 Å². The molecule has 2 heterocycles. The van der Waals surface area contributed by atoms with E-state index >= 15 is 0 Å². The molecule has 2 aliphatic rings. The van der Waals surface area contributed by atoms with Gasteiger partial charge in [-0.25, -0.2) is 0 Å². The molecule has 0 aromatic heterocycles. The highest BCUT2D eigenvalue weighted by molar-refractivity contribution is 8.18. The second-order valence-electron chi connectivity index (χ2n) is 6.02. The largest absolute Gasteiger partial charge is 0.494 e. The van der Waals surface area contributed by atoms with Gasteiger partial charge in [0.2, 0.25) is 0 Å². The van der Waals surface area contributed by atoms with Gasteiger partial charge in [-0.05, 0) is 42.5 Å². The van der Waals surface area contributed by atoms with Crippen LogP contribution in [0, 0.1) is 0 Å². The van der Waals surface area contributed by atoms with E-state index in [2.05, 4.69) is 9.89 Å². The zero-order chi connectivity index (χ0) is 17.6. The molecule has 6 nitrogen and oxygen atoms in total. The number of hydrogen-bond acceptors (Lipinski definition) is 5. The average molecular weight is 362 g/mol. The number of amidine groups is 1. The van der Waals surface area contributed by atoms with Gasteiger partial charge < -0.3 is 19.6 Å². The quantitative estimate of drug-likeness (QED) is 0.735. The minimum absolute atomic E-state index is 0.168. The highest BCUT2D eigenvalue weighted by atomic mass is 32.2. The minimum Gasteiger partial charge on any atom is -0.494 e. The topological polar surface area (TPSA) is 66.6 Å². The fourth-order valence-electron chi connectivity index (χ4n) is 2.93. The molecule has 134 valence electrons. The van der Waals surface area contributed by atoms with Crippen LogP contribution >= 0.6 is 11.8 Å². The van der Waals surface area contributed by atoms with E-state index in [0.29, 0.717) is 11.5 Å². The third-order valence-electron chi connectivity index (χ3n) is 4.30. The Kier molecular flexibility index (Phi) is 6.12. The molecule has 1 saturated heterocycles. The van der Waals surface area contributed by atoms with Crippen molar-refractivity contribution >= 4 is 28.9 Å². The van der Waals surface area contributed by atoms with Crippen molar-refractivity contribution in [2.24, 2.45) is 4.99 Å². The average Bonchev–Trinajstić information content (AvgIpc) is 2.98. The van der Waals surface area contributed by atoms with Gasteiger partial charge in [0.15, 0.2) is 5.17 Å². The molecule has 0 atom stereocenters. The van der Waals surface area contributed by atoms with Crippen molar-refractivity contribution in [3.05, 3.63) is 34.7 Å². The molecule has 1 aromatic rings. The van der Waals surface area contributed by atoms with Crippen LogP contribution in [0.2, 0.25) is 0 Å². The number of ether oxygens (including phenoxy) is 1. The monoisotopic (exact) mass is 362 g/mol. The van der Waals surface area contributed by atoms with Crippen LogP contribution in [0.4, 0.5) is 0 Å². The van der Waals surface area contributed by atoms with E-state index in [4.69, 9.17) is 9.84 Å². The molecule has 0 unspecified atom stereocenters. The SMILES string of the molecule is CCOc1ccc(/C=C2/SC(N3CC[NH+](CCO)CC3)=NC2=O)cc1. The Morgan fingerprint density at radius 1 is 1.32 bits per heavy atom. The van der Waals surface area contributed by atoms with Gasteiger partial charge in [0.25, 0.3) is 5.91 Å². The van der Waals surface area contributed by atoms with Crippen molar-refractivity contribution in [3.8, 4) is 5.75 Å². The molecule has 0 radical (unpaired) electrons. The van der Waals surface area contributed by atoms with Gasteiger partial charge in [-0.2, -0.15) is 4.99 Å². The van der Waals surface area contributed by atoms with E-state index in [1.807, 2.05) is 37.3 Å². The Labute approximate surface area is 152 Å². The number of aliphatic imine (C=N–C) groups is 1. The molecule has 1 fully saturated rings. The summed E-state index contributed by atoms with van der Waals surface area (Å²) in [6.07, 6.45) is 1.88. The van der Waals surface area contributed by atoms with Gasteiger partial charge in [-0.3, -0.25) is 4.79 Å². The van der Waals surface area contributed by atoms with Crippen LogP contribution in [0.25, 0.3) is 6.08 Å².